The Morgan fingerprint density at radius 2 is 1.83 bits per heavy atom. The molecule has 0 heterocycles. The van der Waals surface area contributed by atoms with E-state index in [-0.39, 0.29) is 5.41 Å². The van der Waals surface area contributed by atoms with Crippen LogP contribution in [0.15, 0.2) is 34.1 Å². The van der Waals surface area contributed by atoms with Gasteiger partial charge >= 0.3 is 0 Å². The molecule has 0 atom stereocenters. The quantitative estimate of drug-likeness (QED) is 0.621. The van der Waals surface area contributed by atoms with Crippen molar-refractivity contribution in [2.75, 3.05) is 0 Å². The Kier molecular flexibility index (Phi) is 4.03. The first kappa shape index (κ1) is 11.8. The van der Waals surface area contributed by atoms with Crippen LogP contribution in [0.25, 0.3) is 0 Å². The van der Waals surface area contributed by atoms with E-state index in [4.69, 9.17) is 5.73 Å². The molecule has 0 spiro atoms. The standard InChI is InChI=1S/C10H16IN/c1-7(6-8(2)11)10(4,5)9(3)12/h6H,1,3,12H2,2,4-5H3/b8-6+. The molecule has 2 heteroatoms. The minimum atomic E-state index is -0.202. The van der Waals surface area contributed by atoms with E-state index in [0.717, 1.165) is 5.57 Å². The molecule has 0 bridgehead atoms. The fraction of sp³-hybridized carbons (Fsp3) is 0.400. The lowest BCUT2D eigenvalue weighted by Gasteiger charge is -2.25. The third-order valence-corrected chi connectivity index (χ3v) is 2.29. The zero-order valence-electron chi connectivity index (χ0n) is 7.95. The topological polar surface area (TPSA) is 26.0 Å². The molecule has 0 saturated carbocycles. The number of hydrogen-bond acceptors (Lipinski definition) is 1. The number of nitrogens with two attached hydrogens (primary N) is 1. The number of hydrogen-bond donors (Lipinski definition) is 1. The summed E-state index contributed by atoms with van der Waals surface area (Å²) >= 11 is 2.25. The molecule has 0 amide bonds. The lowest BCUT2D eigenvalue weighted by molar-refractivity contribution is 0.549. The lowest BCUT2D eigenvalue weighted by Crippen LogP contribution is -2.21. The molecular formula is C10H16IN. The van der Waals surface area contributed by atoms with Gasteiger partial charge in [-0.15, -0.1) is 0 Å². The van der Waals surface area contributed by atoms with Gasteiger partial charge in [0.2, 0.25) is 0 Å². The highest BCUT2D eigenvalue weighted by Gasteiger charge is 2.21. The Bertz CT molecular complexity index is 232. The third-order valence-electron chi connectivity index (χ3n) is 1.98. The molecule has 0 aromatic carbocycles. The molecule has 0 aliphatic carbocycles. The van der Waals surface area contributed by atoms with Crippen LogP contribution in [0.1, 0.15) is 20.8 Å². The highest BCUT2D eigenvalue weighted by atomic mass is 127. The third kappa shape index (κ3) is 3.01. The van der Waals surface area contributed by atoms with Gasteiger partial charge in [0, 0.05) is 11.1 Å². The van der Waals surface area contributed by atoms with Crippen molar-refractivity contribution in [3.05, 3.63) is 34.1 Å². The summed E-state index contributed by atoms with van der Waals surface area (Å²) in [5, 5.41) is 0. The van der Waals surface area contributed by atoms with Gasteiger partial charge in [0.25, 0.3) is 0 Å². The van der Waals surface area contributed by atoms with Gasteiger partial charge in [0.05, 0.1) is 0 Å². The molecule has 0 aromatic rings. The molecule has 0 saturated heterocycles. The lowest BCUT2D eigenvalue weighted by atomic mass is 9.82. The first-order chi connectivity index (χ1) is 5.28. The molecule has 12 heavy (non-hydrogen) atoms. The van der Waals surface area contributed by atoms with Crippen LogP contribution in [-0.4, -0.2) is 0 Å². The maximum absolute atomic E-state index is 5.66. The van der Waals surface area contributed by atoms with Crippen molar-refractivity contribution in [3.8, 4) is 0 Å². The minimum absolute atomic E-state index is 0.202. The maximum atomic E-state index is 5.66. The average molecular weight is 277 g/mol. The maximum Gasteiger partial charge on any atom is 0.0280 e. The Morgan fingerprint density at radius 3 is 2.08 bits per heavy atom. The molecule has 1 nitrogen and oxygen atoms in total. The Labute approximate surface area is 88.6 Å². The van der Waals surface area contributed by atoms with Crippen LogP contribution in [0, 0.1) is 5.41 Å². The Balaban J connectivity index is 4.70. The predicted molar refractivity (Wildman–Crippen MR) is 64.0 cm³/mol. The van der Waals surface area contributed by atoms with Crippen molar-refractivity contribution >= 4 is 22.6 Å². The van der Waals surface area contributed by atoms with Crippen molar-refractivity contribution in [2.45, 2.75) is 20.8 Å². The van der Waals surface area contributed by atoms with Crippen LogP contribution in [-0.2, 0) is 0 Å². The van der Waals surface area contributed by atoms with Crippen molar-refractivity contribution in [2.24, 2.45) is 11.1 Å². The summed E-state index contributed by atoms with van der Waals surface area (Å²) in [6.45, 7) is 13.8. The van der Waals surface area contributed by atoms with E-state index in [9.17, 15) is 0 Å². The van der Waals surface area contributed by atoms with Gasteiger partial charge in [0.15, 0.2) is 0 Å². The van der Waals surface area contributed by atoms with E-state index in [0.29, 0.717) is 5.70 Å². The smallest absolute Gasteiger partial charge is 0.0280 e. The first-order valence-electron chi connectivity index (χ1n) is 3.76. The van der Waals surface area contributed by atoms with Gasteiger partial charge in [-0.1, -0.05) is 27.0 Å². The SMILES string of the molecule is C=C(N)C(C)(C)C(=C)/C=C(\C)I. The normalized spacial score (nSPS) is 12.8. The molecule has 0 unspecified atom stereocenters. The summed E-state index contributed by atoms with van der Waals surface area (Å²) in [5.74, 6) is 0. The molecule has 2 N–H and O–H groups in total. The molecule has 0 radical (unpaired) electrons. The predicted octanol–water partition coefficient (Wildman–Crippen LogP) is 3.38. The Morgan fingerprint density at radius 1 is 1.42 bits per heavy atom. The minimum Gasteiger partial charge on any atom is -0.402 e. The molecular weight excluding hydrogens is 261 g/mol. The van der Waals surface area contributed by atoms with Crippen molar-refractivity contribution in [1.29, 1.82) is 0 Å². The van der Waals surface area contributed by atoms with Crippen LogP contribution in [0.2, 0.25) is 0 Å². The van der Waals surface area contributed by atoms with Gasteiger partial charge in [-0.25, -0.2) is 0 Å². The first-order valence-corrected chi connectivity index (χ1v) is 4.84. The molecule has 0 aromatic heterocycles. The summed E-state index contributed by atoms with van der Waals surface area (Å²) in [6.07, 6.45) is 2.03. The molecule has 0 aliphatic heterocycles. The van der Waals surface area contributed by atoms with Crippen LogP contribution in [0.3, 0.4) is 0 Å². The monoisotopic (exact) mass is 277 g/mol. The fourth-order valence-electron chi connectivity index (χ4n) is 0.627. The molecule has 0 aliphatic rings. The number of halogens is 1. The highest BCUT2D eigenvalue weighted by molar-refractivity contribution is 14.1. The van der Waals surface area contributed by atoms with Crippen LogP contribution in [0.5, 0.6) is 0 Å². The van der Waals surface area contributed by atoms with Gasteiger partial charge < -0.3 is 5.73 Å². The van der Waals surface area contributed by atoms with E-state index < -0.39 is 0 Å². The summed E-state index contributed by atoms with van der Waals surface area (Å²) < 4.78 is 1.20. The second-order valence-corrected chi connectivity index (χ2v) is 5.11. The van der Waals surface area contributed by atoms with E-state index in [2.05, 4.69) is 35.7 Å². The largest absolute Gasteiger partial charge is 0.402 e. The zero-order chi connectivity index (χ0) is 9.94. The molecule has 0 rings (SSSR count). The van der Waals surface area contributed by atoms with Crippen molar-refractivity contribution < 1.29 is 0 Å². The Hall–Kier alpha value is -0.250. The summed E-state index contributed by atoms with van der Waals surface area (Å²) in [4.78, 5) is 0. The van der Waals surface area contributed by atoms with E-state index >= 15 is 0 Å². The van der Waals surface area contributed by atoms with Gasteiger partial charge in [0.1, 0.15) is 0 Å². The molecule has 68 valence electrons. The van der Waals surface area contributed by atoms with Crippen molar-refractivity contribution in [1.82, 2.24) is 0 Å². The highest BCUT2D eigenvalue weighted by Crippen LogP contribution is 2.31. The van der Waals surface area contributed by atoms with Crippen molar-refractivity contribution in [3.63, 3.8) is 0 Å². The van der Waals surface area contributed by atoms with Gasteiger partial charge in [-0.05, 0) is 44.7 Å². The van der Waals surface area contributed by atoms with Gasteiger partial charge in [-0.3, -0.25) is 0 Å². The van der Waals surface area contributed by atoms with Crippen LogP contribution < -0.4 is 5.73 Å². The van der Waals surface area contributed by atoms with E-state index in [1.54, 1.807) is 0 Å². The van der Waals surface area contributed by atoms with E-state index in [1.807, 2.05) is 26.8 Å². The van der Waals surface area contributed by atoms with Crippen LogP contribution in [0.4, 0.5) is 0 Å². The van der Waals surface area contributed by atoms with E-state index in [1.165, 1.54) is 3.58 Å². The summed E-state index contributed by atoms with van der Waals surface area (Å²) in [5.41, 5.74) is 7.11. The van der Waals surface area contributed by atoms with Crippen LogP contribution >= 0.6 is 22.6 Å². The summed E-state index contributed by atoms with van der Waals surface area (Å²) in [7, 11) is 0. The summed E-state index contributed by atoms with van der Waals surface area (Å²) in [6, 6.07) is 0. The number of allylic oxidation sites excluding steroid dienone is 3. The second-order valence-electron chi connectivity index (χ2n) is 3.41. The molecule has 0 fully saturated rings. The number of rotatable bonds is 3. The van der Waals surface area contributed by atoms with Gasteiger partial charge in [-0.2, -0.15) is 0 Å². The average Bonchev–Trinajstić information content (AvgIpc) is 1.85. The fourth-order valence-corrected chi connectivity index (χ4v) is 1.00. The second kappa shape index (κ2) is 4.12. The zero-order valence-corrected chi connectivity index (χ0v) is 10.1.